The number of carbonyl (C=O) groups is 1. The molecule has 0 amide bonds. The SMILES string of the molecule is COC(=O)/C(C#N)=C(\C#N)c1ccccc1. The van der Waals surface area contributed by atoms with Crippen molar-refractivity contribution in [2.24, 2.45) is 0 Å². The molecule has 4 nitrogen and oxygen atoms in total. The molecule has 0 aromatic heterocycles. The Morgan fingerprint density at radius 3 is 2.25 bits per heavy atom. The molecule has 16 heavy (non-hydrogen) atoms. The van der Waals surface area contributed by atoms with Gasteiger partial charge >= 0.3 is 5.97 Å². The van der Waals surface area contributed by atoms with Gasteiger partial charge in [0.2, 0.25) is 0 Å². The Morgan fingerprint density at radius 1 is 1.19 bits per heavy atom. The van der Waals surface area contributed by atoms with E-state index in [-0.39, 0.29) is 11.1 Å². The van der Waals surface area contributed by atoms with Crippen LogP contribution in [0.3, 0.4) is 0 Å². The number of esters is 1. The Bertz CT molecular complexity index is 504. The van der Waals surface area contributed by atoms with Crippen LogP contribution in [-0.2, 0) is 9.53 Å². The summed E-state index contributed by atoms with van der Waals surface area (Å²) in [5.74, 6) is -0.803. The zero-order valence-electron chi connectivity index (χ0n) is 8.60. The van der Waals surface area contributed by atoms with E-state index in [1.54, 1.807) is 36.4 Å². The largest absolute Gasteiger partial charge is 0.465 e. The average Bonchev–Trinajstić information content (AvgIpc) is 2.36. The average molecular weight is 212 g/mol. The number of methoxy groups -OCH3 is 1. The minimum atomic E-state index is -0.803. The second-order valence-corrected chi connectivity index (χ2v) is 2.83. The predicted molar refractivity (Wildman–Crippen MR) is 56.6 cm³/mol. The van der Waals surface area contributed by atoms with Crippen LogP contribution >= 0.6 is 0 Å². The number of rotatable bonds is 2. The molecule has 0 saturated heterocycles. The summed E-state index contributed by atoms with van der Waals surface area (Å²) in [7, 11) is 1.17. The highest BCUT2D eigenvalue weighted by Crippen LogP contribution is 2.18. The van der Waals surface area contributed by atoms with E-state index in [1.165, 1.54) is 7.11 Å². The van der Waals surface area contributed by atoms with Gasteiger partial charge in [-0.1, -0.05) is 30.3 Å². The lowest BCUT2D eigenvalue weighted by molar-refractivity contribution is -0.135. The molecule has 1 aromatic carbocycles. The Kier molecular flexibility index (Phi) is 3.83. The summed E-state index contributed by atoms with van der Waals surface area (Å²) in [5, 5.41) is 17.8. The molecule has 4 heteroatoms. The normalized spacial score (nSPS) is 10.7. The van der Waals surface area contributed by atoms with Crippen molar-refractivity contribution in [1.29, 1.82) is 10.5 Å². The van der Waals surface area contributed by atoms with Gasteiger partial charge in [0, 0.05) is 0 Å². The maximum Gasteiger partial charge on any atom is 0.350 e. The number of nitrogens with zero attached hydrogens (tertiary/aromatic N) is 2. The van der Waals surface area contributed by atoms with Crippen molar-refractivity contribution in [3.05, 3.63) is 41.5 Å². The molecule has 0 saturated carbocycles. The number of benzene rings is 1. The van der Waals surface area contributed by atoms with Gasteiger partial charge in [0.1, 0.15) is 12.1 Å². The molecule has 1 aromatic rings. The third kappa shape index (κ3) is 2.26. The van der Waals surface area contributed by atoms with Crippen LogP contribution in [0, 0.1) is 22.7 Å². The van der Waals surface area contributed by atoms with Gasteiger partial charge in [0.15, 0.2) is 5.57 Å². The summed E-state index contributed by atoms with van der Waals surface area (Å²) >= 11 is 0. The number of nitriles is 2. The number of allylic oxidation sites excluding steroid dienone is 1. The first-order valence-electron chi connectivity index (χ1n) is 4.42. The van der Waals surface area contributed by atoms with Gasteiger partial charge in [0.05, 0.1) is 12.7 Å². The quantitative estimate of drug-likeness (QED) is 0.424. The van der Waals surface area contributed by atoms with Crippen LogP contribution in [0.4, 0.5) is 0 Å². The van der Waals surface area contributed by atoms with Crippen LogP contribution in [-0.4, -0.2) is 13.1 Å². The lowest BCUT2D eigenvalue weighted by atomic mass is 10.0. The van der Waals surface area contributed by atoms with E-state index in [9.17, 15) is 4.79 Å². The third-order valence-corrected chi connectivity index (χ3v) is 1.93. The van der Waals surface area contributed by atoms with Gasteiger partial charge in [-0.2, -0.15) is 10.5 Å². The zero-order valence-corrected chi connectivity index (χ0v) is 8.60. The number of hydrogen-bond acceptors (Lipinski definition) is 4. The summed E-state index contributed by atoms with van der Waals surface area (Å²) in [5.41, 5.74) is 0.262. The van der Waals surface area contributed by atoms with Crippen molar-refractivity contribution in [1.82, 2.24) is 0 Å². The molecule has 0 atom stereocenters. The summed E-state index contributed by atoms with van der Waals surface area (Å²) < 4.78 is 4.44. The lowest BCUT2D eigenvalue weighted by Crippen LogP contribution is -2.05. The van der Waals surface area contributed by atoms with E-state index in [2.05, 4.69) is 4.74 Å². The van der Waals surface area contributed by atoms with Crippen molar-refractivity contribution in [2.45, 2.75) is 0 Å². The van der Waals surface area contributed by atoms with Crippen molar-refractivity contribution in [2.75, 3.05) is 7.11 Å². The fourth-order valence-electron chi connectivity index (χ4n) is 1.18. The highest BCUT2D eigenvalue weighted by molar-refractivity contribution is 6.04. The topological polar surface area (TPSA) is 73.9 Å². The number of hydrogen-bond donors (Lipinski definition) is 0. The van der Waals surface area contributed by atoms with Crippen LogP contribution < -0.4 is 0 Å². The summed E-state index contributed by atoms with van der Waals surface area (Å²) in [6, 6.07) is 12.1. The second-order valence-electron chi connectivity index (χ2n) is 2.83. The summed E-state index contributed by atoms with van der Waals surface area (Å²) in [4.78, 5) is 11.3. The molecule has 0 aliphatic carbocycles. The Morgan fingerprint density at radius 2 is 1.81 bits per heavy atom. The molecule has 0 radical (unpaired) electrons. The van der Waals surface area contributed by atoms with Gasteiger partial charge in [-0.3, -0.25) is 0 Å². The van der Waals surface area contributed by atoms with Crippen molar-refractivity contribution >= 4 is 11.5 Å². The summed E-state index contributed by atoms with van der Waals surface area (Å²) in [6.07, 6.45) is 0. The molecule has 0 aliphatic heterocycles. The van der Waals surface area contributed by atoms with Gasteiger partial charge in [-0.05, 0) is 5.56 Å². The van der Waals surface area contributed by atoms with E-state index in [0.717, 1.165) is 0 Å². The Labute approximate surface area is 93.0 Å². The molecule has 0 heterocycles. The smallest absolute Gasteiger partial charge is 0.350 e. The monoisotopic (exact) mass is 212 g/mol. The fraction of sp³-hybridized carbons (Fsp3) is 0.0833. The Hall–Kier alpha value is -2.59. The molecule has 0 bridgehead atoms. The van der Waals surface area contributed by atoms with Crippen molar-refractivity contribution in [3.63, 3.8) is 0 Å². The number of carbonyl (C=O) groups excluding carboxylic acids is 1. The summed E-state index contributed by atoms with van der Waals surface area (Å²) in [6.45, 7) is 0. The molecule has 0 unspecified atom stereocenters. The molecule has 1 rings (SSSR count). The third-order valence-electron chi connectivity index (χ3n) is 1.93. The lowest BCUT2D eigenvalue weighted by Gasteiger charge is -2.01. The van der Waals surface area contributed by atoms with E-state index >= 15 is 0 Å². The van der Waals surface area contributed by atoms with Gasteiger partial charge in [-0.15, -0.1) is 0 Å². The molecule has 0 fully saturated rings. The maximum absolute atomic E-state index is 11.3. The molecule has 0 aliphatic rings. The first-order valence-corrected chi connectivity index (χ1v) is 4.42. The minimum Gasteiger partial charge on any atom is -0.465 e. The highest BCUT2D eigenvalue weighted by Gasteiger charge is 2.16. The number of ether oxygens (including phenoxy) is 1. The van der Waals surface area contributed by atoms with E-state index < -0.39 is 5.97 Å². The van der Waals surface area contributed by atoms with Gasteiger partial charge in [0.25, 0.3) is 0 Å². The van der Waals surface area contributed by atoms with Crippen LogP contribution in [0.25, 0.3) is 5.57 Å². The predicted octanol–water partition coefficient (Wildman–Crippen LogP) is 1.66. The Balaban J connectivity index is 3.36. The standard InChI is InChI=1S/C12H8N2O2/c1-16-12(15)11(8-14)10(7-13)9-5-3-2-4-6-9/h2-6H,1H3/b11-10+. The highest BCUT2D eigenvalue weighted by atomic mass is 16.5. The minimum absolute atomic E-state index is 0.0231. The van der Waals surface area contributed by atoms with Crippen LogP contribution in [0.5, 0.6) is 0 Å². The van der Waals surface area contributed by atoms with E-state index in [1.807, 2.05) is 6.07 Å². The van der Waals surface area contributed by atoms with Gasteiger partial charge in [-0.25, -0.2) is 4.79 Å². The van der Waals surface area contributed by atoms with Crippen LogP contribution in [0.2, 0.25) is 0 Å². The molecular formula is C12H8N2O2. The molecule has 0 spiro atoms. The van der Waals surface area contributed by atoms with E-state index in [0.29, 0.717) is 5.56 Å². The van der Waals surface area contributed by atoms with Gasteiger partial charge < -0.3 is 4.74 Å². The zero-order chi connectivity index (χ0) is 12.0. The second kappa shape index (κ2) is 5.33. The molecule has 0 N–H and O–H groups in total. The van der Waals surface area contributed by atoms with E-state index in [4.69, 9.17) is 10.5 Å². The first kappa shape index (κ1) is 11.5. The molecular weight excluding hydrogens is 204 g/mol. The first-order chi connectivity index (χ1) is 7.74. The fourth-order valence-corrected chi connectivity index (χ4v) is 1.18. The maximum atomic E-state index is 11.3. The molecule has 78 valence electrons. The van der Waals surface area contributed by atoms with Crippen LogP contribution in [0.15, 0.2) is 35.9 Å². The van der Waals surface area contributed by atoms with Crippen LogP contribution in [0.1, 0.15) is 5.56 Å². The van der Waals surface area contributed by atoms with Crippen molar-refractivity contribution in [3.8, 4) is 12.1 Å². The van der Waals surface area contributed by atoms with Crippen molar-refractivity contribution < 1.29 is 9.53 Å².